The number of rotatable bonds is 9. The molecule has 1 N–H and O–H groups in total. The molecule has 1 aromatic carbocycles. The number of fused-ring (bicyclic) bond motifs is 2. The maximum Gasteiger partial charge on any atom is 0.306 e. The lowest BCUT2D eigenvalue weighted by Gasteiger charge is -2.26. The number of thioether (sulfide) groups is 1. The molecular weight excluding hydrogens is 550 g/mol. The van der Waals surface area contributed by atoms with Crippen LogP contribution in [0.1, 0.15) is 81.8 Å². The third-order valence-corrected chi connectivity index (χ3v) is 9.10. The summed E-state index contributed by atoms with van der Waals surface area (Å²) >= 11 is 1.79. The molecule has 2 aliphatic heterocycles. The van der Waals surface area contributed by atoms with Gasteiger partial charge in [0.1, 0.15) is 22.9 Å². The summed E-state index contributed by atoms with van der Waals surface area (Å²) in [6.45, 7) is 9.75. The first kappa shape index (κ1) is 28.7. The second-order valence-corrected chi connectivity index (χ2v) is 13.5. The first-order valence-corrected chi connectivity index (χ1v) is 15.9. The van der Waals surface area contributed by atoms with Crippen LogP contribution in [0.25, 0.3) is 27.0 Å². The van der Waals surface area contributed by atoms with Crippen molar-refractivity contribution in [1.82, 2.24) is 24.4 Å². The van der Waals surface area contributed by atoms with Gasteiger partial charge in [0.15, 0.2) is 0 Å². The van der Waals surface area contributed by atoms with Gasteiger partial charge in [0.25, 0.3) is 5.56 Å². The number of carbonyl (C=O) groups is 1. The Bertz CT molecular complexity index is 1660. The van der Waals surface area contributed by atoms with E-state index in [2.05, 4.69) is 20.5 Å². The molecular formula is C32H39N5O4S. The van der Waals surface area contributed by atoms with Crippen LogP contribution in [0.3, 0.4) is 0 Å². The van der Waals surface area contributed by atoms with Crippen LogP contribution in [0.4, 0.5) is 0 Å². The minimum Gasteiger partial charge on any atom is -0.468 e. The second kappa shape index (κ2) is 12.1. The number of ether oxygens (including phenoxy) is 1. The Morgan fingerprint density at radius 2 is 1.98 bits per heavy atom. The van der Waals surface area contributed by atoms with Gasteiger partial charge in [0.05, 0.1) is 40.0 Å². The molecule has 1 fully saturated rings. The van der Waals surface area contributed by atoms with Crippen molar-refractivity contribution in [2.24, 2.45) is 0 Å². The smallest absolute Gasteiger partial charge is 0.306 e. The number of nitrogens with zero attached hydrogens (tertiary/aromatic N) is 4. The van der Waals surface area contributed by atoms with Crippen molar-refractivity contribution in [3.63, 3.8) is 0 Å². The van der Waals surface area contributed by atoms with Crippen LogP contribution >= 0.6 is 11.8 Å². The number of likely N-dealkylation sites (tertiary alicyclic amines) is 1. The topological polar surface area (TPSA) is 106 Å². The lowest BCUT2D eigenvalue weighted by Crippen LogP contribution is -2.31. The van der Waals surface area contributed by atoms with E-state index in [0.717, 1.165) is 53.5 Å². The zero-order valence-corrected chi connectivity index (χ0v) is 25.5. The Hall–Kier alpha value is -3.37. The highest BCUT2D eigenvalue weighted by molar-refractivity contribution is 8.08. The number of aryl methyl sites for hydroxylation is 2. The molecule has 0 bridgehead atoms. The van der Waals surface area contributed by atoms with Gasteiger partial charge in [-0.2, -0.15) is 0 Å². The van der Waals surface area contributed by atoms with E-state index in [1.807, 2.05) is 45.0 Å². The SMILES string of the molecule is CC(C)(C)OC(=O)CCc1nc2cc3c(cc2[nH]c1=O)nc(C1=CCC(c2ccco2)S1)n3CCCN1CCCCC1. The van der Waals surface area contributed by atoms with Crippen LogP contribution in [0.15, 0.2) is 45.8 Å². The predicted octanol–water partition coefficient (Wildman–Crippen LogP) is 6.24. The van der Waals surface area contributed by atoms with E-state index in [9.17, 15) is 9.59 Å². The molecule has 1 unspecified atom stereocenters. The molecule has 42 heavy (non-hydrogen) atoms. The highest BCUT2D eigenvalue weighted by Crippen LogP contribution is 2.48. The van der Waals surface area contributed by atoms with Gasteiger partial charge in [-0.05, 0) is 90.4 Å². The van der Waals surface area contributed by atoms with Gasteiger partial charge in [0.2, 0.25) is 0 Å². The van der Waals surface area contributed by atoms with Crippen molar-refractivity contribution in [3.8, 4) is 0 Å². The summed E-state index contributed by atoms with van der Waals surface area (Å²) in [6.07, 6.45) is 10.1. The number of hydrogen-bond acceptors (Lipinski definition) is 8. The molecule has 1 atom stereocenters. The summed E-state index contributed by atoms with van der Waals surface area (Å²) in [5.74, 6) is 1.59. The summed E-state index contributed by atoms with van der Waals surface area (Å²) in [6, 6.07) is 7.92. The first-order valence-electron chi connectivity index (χ1n) is 15.0. The first-order chi connectivity index (χ1) is 20.2. The zero-order valence-electron chi connectivity index (χ0n) is 24.6. The van der Waals surface area contributed by atoms with Crippen LogP contribution in [-0.2, 0) is 22.5 Å². The molecule has 0 spiro atoms. The molecule has 5 heterocycles. The Balaban J connectivity index is 1.30. The summed E-state index contributed by atoms with van der Waals surface area (Å²) < 4.78 is 13.4. The normalized spacial score (nSPS) is 18.2. The van der Waals surface area contributed by atoms with E-state index >= 15 is 0 Å². The molecule has 222 valence electrons. The van der Waals surface area contributed by atoms with Crippen molar-refractivity contribution in [2.75, 3.05) is 19.6 Å². The fourth-order valence-electron chi connectivity index (χ4n) is 5.83. The van der Waals surface area contributed by atoms with Crippen molar-refractivity contribution in [1.29, 1.82) is 0 Å². The third kappa shape index (κ3) is 6.49. The molecule has 6 rings (SSSR count). The van der Waals surface area contributed by atoms with Gasteiger partial charge in [-0.1, -0.05) is 12.5 Å². The Morgan fingerprint density at radius 1 is 1.14 bits per heavy atom. The number of carbonyl (C=O) groups excluding carboxylic acids is 1. The van der Waals surface area contributed by atoms with Crippen LogP contribution in [0.5, 0.6) is 0 Å². The van der Waals surface area contributed by atoms with Gasteiger partial charge in [0, 0.05) is 17.9 Å². The minimum absolute atomic E-state index is 0.0991. The second-order valence-electron chi connectivity index (χ2n) is 12.2. The molecule has 0 amide bonds. The monoisotopic (exact) mass is 589 g/mol. The average Bonchev–Trinajstić information content (AvgIpc) is 3.71. The van der Waals surface area contributed by atoms with E-state index in [1.165, 1.54) is 32.4 Å². The molecule has 0 aliphatic carbocycles. The maximum absolute atomic E-state index is 12.9. The van der Waals surface area contributed by atoms with Crippen LogP contribution in [0.2, 0.25) is 0 Å². The average molecular weight is 590 g/mol. The molecule has 0 radical (unpaired) electrons. The highest BCUT2D eigenvalue weighted by Gasteiger charge is 2.27. The van der Waals surface area contributed by atoms with Gasteiger partial charge in [-0.25, -0.2) is 9.97 Å². The fraction of sp³-hybridized carbons (Fsp3) is 0.500. The molecule has 4 aromatic rings. The highest BCUT2D eigenvalue weighted by atomic mass is 32.2. The largest absolute Gasteiger partial charge is 0.468 e. The van der Waals surface area contributed by atoms with Crippen LogP contribution < -0.4 is 5.56 Å². The quantitative estimate of drug-likeness (QED) is 0.229. The molecule has 2 aliphatic rings. The van der Waals surface area contributed by atoms with E-state index in [4.69, 9.17) is 19.1 Å². The molecule has 0 saturated carbocycles. The third-order valence-electron chi connectivity index (χ3n) is 7.79. The summed E-state index contributed by atoms with van der Waals surface area (Å²) in [5, 5.41) is 0.237. The number of aromatic nitrogens is 4. The zero-order chi connectivity index (χ0) is 29.3. The van der Waals surface area contributed by atoms with Gasteiger partial charge in [-0.15, -0.1) is 11.8 Å². The summed E-state index contributed by atoms with van der Waals surface area (Å²) in [5.41, 5.74) is 2.63. The Morgan fingerprint density at radius 3 is 2.74 bits per heavy atom. The van der Waals surface area contributed by atoms with Crippen molar-refractivity contribution >= 4 is 44.7 Å². The maximum atomic E-state index is 12.9. The van der Waals surface area contributed by atoms with E-state index < -0.39 is 5.60 Å². The lowest BCUT2D eigenvalue weighted by molar-refractivity contribution is -0.154. The number of aromatic amines is 1. The number of esters is 1. The standard InChI is InChI=1S/C32H39N5O4S/c1-32(2,3)41-29(38)13-10-21-31(39)35-22-19-24-25(20-23(22)33-21)37(17-8-16-36-14-5-4-6-15-36)30(34-24)28-12-11-27(42-28)26-9-7-18-40-26/h7,9,12,18-20,27H,4-6,8,10-11,13-17H2,1-3H3,(H,35,39). The van der Waals surface area contributed by atoms with Crippen molar-refractivity contribution in [3.05, 3.63) is 64.2 Å². The van der Waals surface area contributed by atoms with Gasteiger partial charge < -0.3 is 23.6 Å². The fourth-order valence-corrected chi connectivity index (χ4v) is 7.03. The number of allylic oxidation sites excluding steroid dienone is 1. The number of imidazole rings is 1. The van der Waals surface area contributed by atoms with Crippen LogP contribution in [-0.4, -0.2) is 55.6 Å². The minimum atomic E-state index is -0.568. The number of furan rings is 1. The van der Waals surface area contributed by atoms with E-state index in [-0.39, 0.29) is 29.6 Å². The number of benzene rings is 1. The Kier molecular flexibility index (Phi) is 8.27. The Labute approximate surface area is 249 Å². The van der Waals surface area contributed by atoms with Crippen LogP contribution in [0, 0.1) is 0 Å². The van der Waals surface area contributed by atoms with E-state index in [1.54, 1.807) is 18.0 Å². The lowest BCUT2D eigenvalue weighted by atomic mass is 10.1. The summed E-state index contributed by atoms with van der Waals surface area (Å²) in [7, 11) is 0. The van der Waals surface area contributed by atoms with Crippen molar-refractivity contribution < 1.29 is 13.9 Å². The molecule has 9 nitrogen and oxygen atoms in total. The molecule has 1 saturated heterocycles. The predicted molar refractivity (Wildman–Crippen MR) is 166 cm³/mol. The number of nitrogens with one attached hydrogen (secondary N) is 1. The molecule has 3 aromatic heterocycles. The number of piperidine rings is 1. The van der Waals surface area contributed by atoms with E-state index in [0.29, 0.717) is 16.7 Å². The summed E-state index contributed by atoms with van der Waals surface area (Å²) in [4.78, 5) is 41.6. The number of H-pyrrole nitrogens is 1. The number of hydrogen-bond donors (Lipinski definition) is 1. The van der Waals surface area contributed by atoms with Gasteiger partial charge in [-0.3, -0.25) is 9.59 Å². The van der Waals surface area contributed by atoms with Gasteiger partial charge >= 0.3 is 5.97 Å². The molecule has 10 heteroatoms. The van der Waals surface area contributed by atoms with Crippen molar-refractivity contribution in [2.45, 2.75) is 83.1 Å².